The van der Waals surface area contributed by atoms with Crippen LogP contribution in [-0.2, 0) is 23.1 Å². The van der Waals surface area contributed by atoms with Crippen LogP contribution in [0.5, 0.6) is 5.75 Å². The minimum absolute atomic E-state index is 0.136. The Morgan fingerprint density at radius 2 is 1.54 bits per heavy atom. The average Bonchev–Trinajstić information content (AvgIpc) is 2.89. The van der Waals surface area contributed by atoms with Gasteiger partial charge >= 0.3 is 0 Å². The molecule has 0 radical (unpaired) electrons. The van der Waals surface area contributed by atoms with Crippen molar-refractivity contribution in [3.05, 3.63) is 95.6 Å². The zero-order valence-electron chi connectivity index (χ0n) is 19.9. The summed E-state index contributed by atoms with van der Waals surface area (Å²) in [7, 11) is -3.45. The molecule has 0 atom stereocenters. The molecule has 184 valence electrons. The highest BCUT2D eigenvalue weighted by atomic mass is 32.2. The molecule has 3 aromatic carbocycles. The summed E-state index contributed by atoms with van der Waals surface area (Å²) in [6.45, 7) is 5.85. The fourth-order valence-electron chi connectivity index (χ4n) is 4.11. The lowest BCUT2D eigenvalue weighted by molar-refractivity contribution is 0.0950. The zero-order chi connectivity index (χ0) is 24.7. The van der Waals surface area contributed by atoms with Crippen molar-refractivity contribution in [1.82, 2.24) is 14.5 Å². The summed E-state index contributed by atoms with van der Waals surface area (Å²) in [4.78, 5) is 15.2. The third kappa shape index (κ3) is 6.28. The van der Waals surface area contributed by atoms with Gasteiger partial charge in [0.15, 0.2) is 0 Å². The fraction of sp³-hybridized carbons (Fsp3) is 0.296. The van der Waals surface area contributed by atoms with Crippen LogP contribution in [0.15, 0.2) is 83.8 Å². The number of piperazine rings is 1. The Morgan fingerprint density at radius 1 is 0.886 bits per heavy atom. The van der Waals surface area contributed by atoms with E-state index >= 15 is 0 Å². The number of ether oxygens (including phenoxy) is 1. The molecule has 7 nitrogen and oxygen atoms in total. The number of amides is 1. The quantitative estimate of drug-likeness (QED) is 0.494. The highest BCUT2D eigenvalue weighted by Crippen LogP contribution is 2.19. The number of hydrogen-bond donors (Lipinski definition) is 1. The Kier molecular flexibility index (Phi) is 8.17. The molecule has 3 aromatic rings. The molecule has 0 aromatic heterocycles. The largest absolute Gasteiger partial charge is 0.494 e. The van der Waals surface area contributed by atoms with E-state index in [0.717, 1.165) is 16.9 Å². The molecule has 1 amide bonds. The van der Waals surface area contributed by atoms with Gasteiger partial charge < -0.3 is 10.1 Å². The van der Waals surface area contributed by atoms with Crippen LogP contribution in [-0.4, -0.2) is 56.3 Å². The van der Waals surface area contributed by atoms with Crippen molar-refractivity contribution >= 4 is 15.9 Å². The van der Waals surface area contributed by atoms with E-state index in [1.54, 1.807) is 28.6 Å². The van der Waals surface area contributed by atoms with Gasteiger partial charge in [-0.25, -0.2) is 8.42 Å². The number of sulfonamides is 1. The maximum absolute atomic E-state index is 12.8. The number of benzene rings is 3. The molecular formula is C27H31N3O4S. The summed E-state index contributed by atoms with van der Waals surface area (Å²) in [5, 5.41) is 2.96. The van der Waals surface area contributed by atoms with Crippen LogP contribution < -0.4 is 10.1 Å². The summed E-state index contributed by atoms with van der Waals surface area (Å²) in [5.41, 5.74) is 2.62. The molecule has 0 unspecified atom stereocenters. The summed E-state index contributed by atoms with van der Waals surface area (Å²) in [6.07, 6.45) is 0. The number of para-hydroxylation sites is 1. The van der Waals surface area contributed by atoms with Crippen molar-refractivity contribution in [3.8, 4) is 5.75 Å². The van der Waals surface area contributed by atoms with Crippen LogP contribution in [0.4, 0.5) is 0 Å². The van der Waals surface area contributed by atoms with Gasteiger partial charge in [-0.1, -0.05) is 48.5 Å². The van der Waals surface area contributed by atoms with Crippen molar-refractivity contribution in [3.63, 3.8) is 0 Å². The topological polar surface area (TPSA) is 79.0 Å². The van der Waals surface area contributed by atoms with Crippen molar-refractivity contribution in [1.29, 1.82) is 0 Å². The lowest BCUT2D eigenvalue weighted by Gasteiger charge is -2.34. The van der Waals surface area contributed by atoms with E-state index in [9.17, 15) is 13.2 Å². The van der Waals surface area contributed by atoms with Crippen LogP contribution in [0, 0.1) is 0 Å². The molecule has 35 heavy (non-hydrogen) atoms. The third-order valence-electron chi connectivity index (χ3n) is 6.05. The molecule has 1 saturated heterocycles. The first-order chi connectivity index (χ1) is 17.0. The average molecular weight is 494 g/mol. The van der Waals surface area contributed by atoms with E-state index in [0.29, 0.717) is 56.3 Å². The fourth-order valence-corrected chi connectivity index (χ4v) is 5.56. The van der Waals surface area contributed by atoms with Gasteiger partial charge in [-0.3, -0.25) is 9.69 Å². The molecule has 1 heterocycles. The van der Waals surface area contributed by atoms with Gasteiger partial charge in [0.05, 0.1) is 11.5 Å². The molecule has 1 N–H and O–H groups in total. The lowest BCUT2D eigenvalue weighted by Crippen LogP contribution is -2.48. The number of carbonyl (C=O) groups excluding carboxylic acids is 1. The van der Waals surface area contributed by atoms with Crippen molar-refractivity contribution in [2.75, 3.05) is 32.8 Å². The summed E-state index contributed by atoms with van der Waals surface area (Å²) < 4.78 is 32.8. The molecular weight excluding hydrogens is 462 g/mol. The van der Waals surface area contributed by atoms with Gasteiger partial charge in [-0.15, -0.1) is 0 Å². The normalized spacial score (nSPS) is 15.0. The Labute approximate surface area is 207 Å². The van der Waals surface area contributed by atoms with E-state index in [-0.39, 0.29) is 5.91 Å². The molecule has 1 fully saturated rings. The zero-order valence-corrected chi connectivity index (χ0v) is 20.7. The molecule has 0 bridgehead atoms. The third-order valence-corrected chi connectivity index (χ3v) is 7.96. The smallest absolute Gasteiger partial charge is 0.251 e. The van der Waals surface area contributed by atoms with Gasteiger partial charge in [0.2, 0.25) is 10.0 Å². The Balaban J connectivity index is 1.28. The first-order valence-corrected chi connectivity index (χ1v) is 13.3. The van der Waals surface area contributed by atoms with Crippen molar-refractivity contribution in [2.24, 2.45) is 0 Å². The molecule has 1 aliphatic heterocycles. The minimum atomic E-state index is -3.45. The molecule has 1 aliphatic rings. The summed E-state index contributed by atoms with van der Waals surface area (Å²) in [6, 6.07) is 23.8. The van der Waals surface area contributed by atoms with Crippen molar-refractivity contribution in [2.45, 2.75) is 24.9 Å². The number of hydrogen-bond acceptors (Lipinski definition) is 5. The molecule has 0 saturated carbocycles. The number of rotatable bonds is 9. The van der Waals surface area contributed by atoms with Crippen LogP contribution in [0.3, 0.4) is 0 Å². The standard InChI is InChI=1S/C27H31N3O4S/c1-2-34-26-11-7-6-8-24(26)20-28-27(31)23-14-12-22(13-15-23)21-29-16-18-30(19-17-29)35(32,33)25-9-4-3-5-10-25/h3-15H,2,16-21H2,1H3,(H,28,31). The Hall–Kier alpha value is -3.20. The lowest BCUT2D eigenvalue weighted by atomic mass is 10.1. The minimum Gasteiger partial charge on any atom is -0.494 e. The molecule has 4 rings (SSSR count). The maximum atomic E-state index is 12.8. The predicted octanol–water partition coefficient (Wildman–Crippen LogP) is 3.52. The first-order valence-electron chi connectivity index (χ1n) is 11.8. The molecule has 0 spiro atoms. The van der Waals surface area contributed by atoms with Gasteiger partial charge in [-0.05, 0) is 42.8 Å². The van der Waals surface area contributed by atoms with Crippen LogP contribution >= 0.6 is 0 Å². The summed E-state index contributed by atoms with van der Waals surface area (Å²) >= 11 is 0. The number of nitrogens with one attached hydrogen (secondary N) is 1. The highest BCUT2D eigenvalue weighted by Gasteiger charge is 2.28. The number of carbonyl (C=O) groups is 1. The van der Waals surface area contributed by atoms with E-state index in [1.807, 2.05) is 61.5 Å². The maximum Gasteiger partial charge on any atom is 0.251 e. The van der Waals surface area contributed by atoms with E-state index in [1.165, 1.54) is 0 Å². The van der Waals surface area contributed by atoms with E-state index < -0.39 is 10.0 Å². The summed E-state index contributed by atoms with van der Waals surface area (Å²) in [5.74, 6) is 0.643. The highest BCUT2D eigenvalue weighted by molar-refractivity contribution is 7.89. The van der Waals surface area contributed by atoms with Crippen LogP contribution in [0.25, 0.3) is 0 Å². The SMILES string of the molecule is CCOc1ccccc1CNC(=O)c1ccc(CN2CCN(S(=O)(=O)c3ccccc3)CC2)cc1. The van der Waals surface area contributed by atoms with Gasteiger partial charge in [0.1, 0.15) is 5.75 Å². The second-order valence-corrected chi connectivity index (χ2v) is 10.4. The monoisotopic (exact) mass is 493 g/mol. The van der Waals surface area contributed by atoms with Crippen LogP contribution in [0.2, 0.25) is 0 Å². The number of nitrogens with zero attached hydrogens (tertiary/aromatic N) is 2. The van der Waals surface area contributed by atoms with E-state index in [4.69, 9.17) is 4.74 Å². The van der Waals surface area contributed by atoms with Gasteiger partial charge in [0.25, 0.3) is 5.91 Å². The van der Waals surface area contributed by atoms with Gasteiger partial charge in [0, 0.05) is 50.4 Å². The molecule has 8 heteroatoms. The second-order valence-electron chi connectivity index (χ2n) is 8.41. The van der Waals surface area contributed by atoms with E-state index in [2.05, 4.69) is 10.2 Å². The van der Waals surface area contributed by atoms with Crippen LogP contribution in [0.1, 0.15) is 28.4 Å². The van der Waals surface area contributed by atoms with Crippen molar-refractivity contribution < 1.29 is 17.9 Å². The first kappa shape index (κ1) is 24.9. The second kappa shape index (κ2) is 11.5. The van der Waals surface area contributed by atoms with Gasteiger partial charge in [-0.2, -0.15) is 4.31 Å². The Bertz CT molecular complexity index is 1220. The Morgan fingerprint density at radius 3 is 2.23 bits per heavy atom. The molecule has 0 aliphatic carbocycles. The predicted molar refractivity (Wildman–Crippen MR) is 136 cm³/mol.